The largest absolute Gasteiger partial charge is 0.419 e. The zero-order chi connectivity index (χ0) is 19.0. The van der Waals surface area contributed by atoms with Gasteiger partial charge in [-0.05, 0) is 36.6 Å². The van der Waals surface area contributed by atoms with E-state index in [4.69, 9.17) is 4.42 Å². The number of oxazole rings is 1. The lowest BCUT2D eigenvalue weighted by molar-refractivity contribution is 0.527. The molecular formula is C19H21N3O4S. The minimum absolute atomic E-state index is 0.0934. The van der Waals surface area contributed by atoms with Crippen LogP contribution < -0.4 is 15.4 Å². The Morgan fingerprint density at radius 2 is 2.00 bits per heavy atom. The van der Waals surface area contributed by atoms with Gasteiger partial charge in [-0.3, -0.25) is 4.57 Å². The molecule has 0 spiro atoms. The smallest absolute Gasteiger partial charge is 0.408 e. The molecule has 0 aliphatic carbocycles. The van der Waals surface area contributed by atoms with Gasteiger partial charge in [-0.15, -0.1) is 0 Å². The third-order valence-corrected chi connectivity index (χ3v) is 6.41. The number of hydrogen-bond donors (Lipinski definition) is 1. The van der Waals surface area contributed by atoms with Gasteiger partial charge in [-0.25, -0.2) is 17.9 Å². The second kappa shape index (κ2) is 6.86. The van der Waals surface area contributed by atoms with Crippen LogP contribution in [0.1, 0.15) is 12.0 Å². The molecule has 0 saturated carbocycles. The highest BCUT2D eigenvalue weighted by Crippen LogP contribution is 2.27. The first-order chi connectivity index (χ1) is 13.0. The summed E-state index contributed by atoms with van der Waals surface area (Å²) in [4.78, 5) is 13.9. The highest BCUT2D eigenvalue weighted by molar-refractivity contribution is 7.89. The number of benzene rings is 2. The lowest BCUT2D eigenvalue weighted by atomic mass is 10.2. The third-order valence-electron chi connectivity index (χ3n) is 4.95. The van der Waals surface area contributed by atoms with E-state index < -0.39 is 15.8 Å². The van der Waals surface area contributed by atoms with Crippen LogP contribution in [0.5, 0.6) is 0 Å². The molecule has 4 rings (SSSR count). The molecule has 2 aromatic carbocycles. The van der Waals surface area contributed by atoms with Crippen molar-refractivity contribution < 1.29 is 12.8 Å². The van der Waals surface area contributed by atoms with Gasteiger partial charge in [0.1, 0.15) is 0 Å². The normalized spacial score (nSPS) is 14.0. The summed E-state index contributed by atoms with van der Waals surface area (Å²) in [7, 11) is -2.07. The van der Waals surface area contributed by atoms with Crippen LogP contribution in [0, 0.1) is 0 Å². The molecule has 1 N–H and O–H groups in total. The second-order valence-electron chi connectivity index (χ2n) is 6.67. The summed E-state index contributed by atoms with van der Waals surface area (Å²) in [6.45, 7) is 2.11. The van der Waals surface area contributed by atoms with E-state index in [2.05, 4.69) is 21.8 Å². The number of rotatable bonds is 6. The predicted molar refractivity (Wildman–Crippen MR) is 104 cm³/mol. The number of anilines is 1. The molecule has 7 nitrogen and oxygen atoms in total. The van der Waals surface area contributed by atoms with Gasteiger partial charge in [-0.1, -0.05) is 18.2 Å². The van der Waals surface area contributed by atoms with Crippen LogP contribution in [0.25, 0.3) is 11.1 Å². The molecule has 2 heterocycles. The van der Waals surface area contributed by atoms with Crippen LogP contribution in [0.2, 0.25) is 0 Å². The van der Waals surface area contributed by atoms with E-state index in [9.17, 15) is 13.2 Å². The monoisotopic (exact) mass is 387 g/mol. The first-order valence-electron chi connectivity index (χ1n) is 8.88. The number of fused-ring (bicyclic) bond motifs is 2. The molecule has 142 valence electrons. The summed E-state index contributed by atoms with van der Waals surface area (Å²) in [5.74, 6) is -0.515. The fourth-order valence-corrected chi connectivity index (χ4v) is 4.57. The van der Waals surface area contributed by atoms with Crippen molar-refractivity contribution in [2.24, 2.45) is 7.05 Å². The molecule has 1 aromatic heterocycles. The maximum absolute atomic E-state index is 12.5. The van der Waals surface area contributed by atoms with Crippen molar-refractivity contribution in [1.82, 2.24) is 9.29 Å². The van der Waals surface area contributed by atoms with Gasteiger partial charge >= 0.3 is 5.76 Å². The van der Waals surface area contributed by atoms with Crippen LogP contribution in [-0.2, 0) is 23.5 Å². The second-order valence-corrected chi connectivity index (χ2v) is 8.44. The van der Waals surface area contributed by atoms with Gasteiger partial charge in [0, 0.05) is 38.4 Å². The molecule has 1 aliphatic heterocycles. The third kappa shape index (κ3) is 3.38. The van der Waals surface area contributed by atoms with E-state index in [0.717, 1.165) is 19.5 Å². The number of sulfonamides is 1. The van der Waals surface area contributed by atoms with Crippen molar-refractivity contribution in [2.45, 2.75) is 17.7 Å². The molecule has 0 radical (unpaired) electrons. The van der Waals surface area contributed by atoms with Crippen LogP contribution in [-0.4, -0.2) is 32.6 Å². The molecule has 0 amide bonds. The molecule has 8 heteroatoms. The van der Waals surface area contributed by atoms with Crippen molar-refractivity contribution in [3.05, 3.63) is 58.6 Å². The Bertz CT molecular complexity index is 1150. The van der Waals surface area contributed by atoms with Crippen molar-refractivity contribution in [3.63, 3.8) is 0 Å². The quantitative estimate of drug-likeness (QED) is 0.653. The first kappa shape index (κ1) is 17.8. The summed E-state index contributed by atoms with van der Waals surface area (Å²) in [5.41, 5.74) is 3.41. The van der Waals surface area contributed by atoms with Gasteiger partial charge in [0.25, 0.3) is 0 Å². The minimum atomic E-state index is -3.65. The Morgan fingerprint density at radius 3 is 2.85 bits per heavy atom. The summed E-state index contributed by atoms with van der Waals surface area (Å²) >= 11 is 0. The Kier molecular flexibility index (Phi) is 4.53. The van der Waals surface area contributed by atoms with Crippen molar-refractivity contribution in [1.29, 1.82) is 0 Å². The summed E-state index contributed by atoms with van der Waals surface area (Å²) < 4.78 is 34.1. The van der Waals surface area contributed by atoms with Gasteiger partial charge in [0.2, 0.25) is 10.0 Å². The highest BCUT2D eigenvalue weighted by atomic mass is 32.2. The molecule has 0 fully saturated rings. The first-order valence-corrected chi connectivity index (χ1v) is 10.4. The average molecular weight is 387 g/mol. The SMILES string of the molecule is Cn1c(=O)oc2cc(S(=O)(=O)NCCCN3CCc4ccccc43)ccc21. The molecule has 0 bridgehead atoms. The molecule has 27 heavy (non-hydrogen) atoms. The van der Waals surface area contributed by atoms with E-state index in [1.807, 2.05) is 12.1 Å². The van der Waals surface area contributed by atoms with Crippen molar-refractivity contribution in [2.75, 3.05) is 24.5 Å². The number of aromatic nitrogens is 1. The summed E-state index contributed by atoms with van der Waals surface area (Å²) in [5, 5.41) is 0. The molecule has 0 atom stereocenters. The van der Waals surface area contributed by atoms with Gasteiger partial charge in [0.15, 0.2) is 5.58 Å². The topological polar surface area (TPSA) is 84.5 Å². The van der Waals surface area contributed by atoms with Crippen LogP contribution >= 0.6 is 0 Å². The molecule has 3 aromatic rings. The average Bonchev–Trinajstić information content (AvgIpc) is 3.20. The van der Waals surface area contributed by atoms with E-state index in [-0.39, 0.29) is 10.5 Å². The lowest BCUT2D eigenvalue weighted by Crippen LogP contribution is -2.29. The summed E-state index contributed by atoms with van der Waals surface area (Å²) in [6.07, 6.45) is 1.74. The Labute approximate surface area is 157 Å². The van der Waals surface area contributed by atoms with Crippen molar-refractivity contribution in [3.8, 4) is 0 Å². The van der Waals surface area contributed by atoms with Gasteiger partial charge < -0.3 is 9.32 Å². The number of para-hydroxylation sites is 1. The van der Waals surface area contributed by atoms with Crippen LogP contribution in [0.15, 0.2) is 56.6 Å². The standard InChI is InChI=1S/C19H21N3O4S/c1-21-17-8-7-15(13-18(17)26-19(21)23)27(24,25)20-10-4-11-22-12-9-14-5-2-3-6-16(14)22/h2-3,5-8,13,20H,4,9-12H2,1H3. The Morgan fingerprint density at radius 1 is 1.19 bits per heavy atom. The molecule has 0 saturated heterocycles. The molecule has 1 aliphatic rings. The summed E-state index contributed by atoms with van der Waals surface area (Å²) in [6, 6.07) is 12.8. The van der Waals surface area contributed by atoms with E-state index >= 15 is 0 Å². The van der Waals surface area contributed by atoms with Crippen LogP contribution in [0.3, 0.4) is 0 Å². The lowest BCUT2D eigenvalue weighted by Gasteiger charge is -2.19. The van der Waals surface area contributed by atoms with E-state index in [1.165, 1.54) is 28.0 Å². The Hall–Kier alpha value is -2.58. The maximum atomic E-state index is 12.5. The zero-order valence-electron chi connectivity index (χ0n) is 15.0. The van der Waals surface area contributed by atoms with Gasteiger partial charge in [-0.2, -0.15) is 0 Å². The number of nitrogens with zero attached hydrogens (tertiary/aromatic N) is 2. The van der Waals surface area contributed by atoms with Gasteiger partial charge in [0.05, 0.1) is 10.4 Å². The minimum Gasteiger partial charge on any atom is -0.408 e. The fraction of sp³-hybridized carbons (Fsp3) is 0.316. The fourth-order valence-electron chi connectivity index (χ4n) is 3.48. The zero-order valence-corrected chi connectivity index (χ0v) is 15.8. The maximum Gasteiger partial charge on any atom is 0.419 e. The number of hydrogen-bond acceptors (Lipinski definition) is 5. The van der Waals surface area contributed by atoms with E-state index in [1.54, 1.807) is 13.1 Å². The highest BCUT2D eigenvalue weighted by Gasteiger charge is 2.19. The number of nitrogens with one attached hydrogen (secondary N) is 1. The predicted octanol–water partition coefficient (Wildman–Crippen LogP) is 1.86. The van der Waals surface area contributed by atoms with Crippen molar-refractivity contribution >= 4 is 26.8 Å². The van der Waals surface area contributed by atoms with E-state index in [0.29, 0.717) is 18.5 Å². The number of aryl methyl sites for hydroxylation is 1. The Balaban J connectivity index is 1.39. The van der Waals surface area contributed by atoms with Crippen LogP contribution in [0.4, 0.5) is 5.69 Å². The molecule has 0 unspecified atom stereocenters. The molecular weight excluding hydrogens is 366 g/mol.